The van der Waals surface area contributed by atoms with Gasteiger partial charge in [-0.3, -0.25) is 0 Å². The molecule has 1 rings (SSSR count). The maximum Gasteiger partial charge on any atom is 0.252 e. The Balaban J connectivity index is 2.97. The monoisotopic (exact) mass is 221 g/mol. The second-order valence-corrected chi connectivity index (χ2v) is 3.59. The SMILES string of the molecule is COCC(C)Oc1nnc(C)c(C)c1C#N. The van der Waals surface area contributed by atoms with Crippen LogP contribution < -0.4 is 4.74 Å². The molecule has 0 bridgehead atoms. The van der Waals surface area contributed by atoms with Gasteiger partial charge in [0.15, 0.2) is 0 Å². The zero-order valence-electron chi connectivity index (χ0n) is 9.94. The molecule has 1 unspecified atom stereocenters. The highest BCUT2D eigenvalue weighted by Crippen LogP contribution is 2.20. The van der Waals surface area contributed by atoms with Gasteiger partial charge in [-0.05, 0) is 26.3 Å². The van der Waals surface area contributed by atoms with E-state index in [2.05, 4.69) is 16.3 Å². The minimum Gasteiger partial charge on any atom is -0.470 e. The summed E-state index contributed by atoms with van der Waals surface area (Å²) < 4.78 is 10.4. The van der Waals surface area contributed by atoms with E-state index >= 15 is 0 Å². The molecule has 16 heavy (non-hydrogen) atoms. The van der Waals surface area contributed by atoms with Crippen LogP contribution in [0, 0.1) is 25.2 Å². The zero-order chi connectivity index (χ0) is 12.1. The van der Waals surface area contributed by atoms with Crippen molar-refractivity contribution in [1.29, 1.82) is 5.26 Å². The summed E-state index contributed by atoms with van der Waals surface area (Å²) >= 11 is 0. The van der Waals surface area contributed by atoms with Crippen LogP contribution in [0.15, 0.2) is 0 Å². The molecule has 1 aromatic heterocycles. The Morgan fingerprint density at radius 3 is 2.62 bits per heavy atom. The number of aryl methyl sites for hydroxylation is 1. The largest absolute Gasteiger partial charge is 0.470 e. The number of rotatable bonds is 4. The van der Waals surface area contributed by atoms with Gasteiger partial charge in [0.1, 0.15) is 17.7 Å². The first-order valence-electron chi connectivity index (χ1n) is 4.99. The number of nitrogens with zero attached hydrogens (tertiary/aromatic N) is 3. The van der Waals surface area contributed by atoms with Crippen LogP contribution in [0.2, 0.25) is 0 Å². The third kappa shape index (κ3) is 2.67. The molecule has 0 spiro atoms. The van der Waals surface area contributed by atoms with Crippen molar-refractivity contribution in [1.82, 2.24) is 10.2 Å². The average Bonchev–Trinajstić information content (AvgIpc) is 2.24. The fourth-order valence-electron chi connectivity index (χ4n) is 1.26. The van der Waals surface area contributed by atoms with Gasteiger partial charge in [0.25, 0.3) is 5.88 Å². The molecule has 0 aromatic carbocycles. The summed E-state index contributed by atoms with van der Waals surface area (Å²) in [6.07, 6.45) is -0.159. The second-order valence-electron chi connectivity index (χ2n) is 3.59. The van der Waals surface area contributed by atoms with Gasteiger partial charge >= 0.3 is 0 Å². The molecule has 0 radical (unpaired) electrons. The molecule has 0 aliphatic heterocycles. The first-order valence-corrected chi connectivity index (χ1v) is 4.99. The van der Waals surface area contributed by atoms with Crippen molar-refractivity contribution in [3.63, 3.8) is 0 Å². The third-order valence-corrected chi connectivity index (χ3v) is 2.25. The van der Waals surface area contributed by atoms with Crippen molar-refractivity contribution in [2.75, 3.05) is 13.7 Å². The molecule has 0 aliphatic carbocycles. The molecular formula is C11H15N3O2. The Kier molecular flexibility index (Phi) is 4.20. The normalized spacial score (nSPS) is 11.9. The minimum absolute atomic E-state index is 0.159. The van der Waals surface area contributed by atoms with Gasteiger partial charge < -0.3 is 9.47 Å². The van der Waals surface area contributed by atoms with Crippen LogP contribution in [0.5, 0.6) is 5.88 Å². The zero-order valence-corrected chi connectivity index (χ0v) is 9.94. The number of hydrogen-bond acceptors (Lipinski definition) is 5. The van der Waals surface area contributed by atoms with E-state index in [1.165, 1.54) is 0 Å². The van der Waals surface area contributed by atoms with E-state index in [9.17, 15) is 0 Å². The van der Waals surface area contributed by atoms with Crippen LogP contribution >= 0.6 is 0 Å². The maximum atomic E-state index is 9.04. The molecular weight excluding hydrogens is 206 g/mol. The molecule has 0 aliphatic rings. The number of aromatic nitrogens is 2. The lowest BCUT2D eigenvalue weighted by molar-refractivity contribution is 0.0879. The van der Waals surface area contributed by atoms with Gasteiger partial charge in [-0.1, -0.05) is 0 Å². The van der Waals surface area contributed by atoms with Crippen molar-refractivity contribution >= 4 is 0 Å². The molecule has 0 saturated carbocycles. The van der Waals surface area contributed by atoms with Crippen LogP contribution in [-0.2, 0) is 4.74 Å². The van der Waals surface area contributed by atoms with Gasteiger partial charge in [0.2, 0.25) is 0 Å². The van der Waals surface area contributed by atoms with Crippen molar-refractivity contribution in [2.45, 2.75) is 26.9 Å². The van der Waals surface area contributed by atoms with Crippen LogP contribution in [-0.4, -0.2) is 30.0 Å². The molecule has 0 N–H and O–H groups in total. The molecule has 0 amide bonds. The Morgan fingerprint density at radius 1 is 1.38 bits per heavy atom. The fraction of sp³-hybridized carbons (Fsp3) is 0.545. The fourth-order valence-corrected chi connectivity index (χ4v) is 1.26. The van der Waals surface area contributed by atoms with E-state index in [-0.39, 0.29) is 12.0 Å². The van der Waals surface area contributed by atoms with Crippen molar-refractivity contribution in [2.24, 2.45) is 0 Å². The molecule has 0 fully saturated rings. The Bertz CT molecular complexity index is 412. The summed E-state index contributed by atoms with van der Waals surface area (Å²) in [4.78, 5) is 0. The van der Waals surface area contributed by atoms with Crippen molar-refractivity contribution in [3.8, 4) is 11.9 Å². The van der Waals surface area contributed by atoms with Gasteiger partial charge in [0, 0.05) is 7.11 Å². The van der Waals surface area contributed by atoms with Gasteiger partial charge in [0.05, 0.1) is 12.3 Å². The molecule has 0 saturated heterocycles. The van der Waals surface area contributed by atoms with Crippen LogP contribution in [0.4, 0.5) is 0 Å². The van der Waals surface area contributed by atoms with Gasteiger partial charge in [-0.25, -0.2) is 0 Å². The Labute approximate surface area is 95.0 Å². The second kappa shape index (κ2) is 5.42. The first kappa shape index (κ1) is 12.4. The standard InChI is InChI=1S/C11H15N3O2/c1-7(6-15-4)16-11-10(5-12)8(2)9(3)13-14-11/h7H,6H2,1-4H3. The Morgan fingerprint density at radius 2 is 2.06 bits per heavy atom. The van der Waals surface area contributed by atoms with Gasteiger partial charge in [-0.2, -0.15) is 10.4 Å². The lowest BCUT2D eigenvalue weighted by atomic mass is 10.1. The van der Waals surface area contributed by atoms with E-state index in [0.717, 1.165) is 11.3 Å². The van der Waals surface area contributed by atoms with E-state index in [1.54, 1.807) is 7.11 Å². The summed E-state index contributed by atoms with van der Waals surface area (Å²) in [5.41, 5.74) is 1.98. The van der Waals surface area contributed by atoms with Gasteiger partial charge in [-0.15, -0.1) is 5.10 Å². The number of ether oxygens (including phenoxy) is 2. The highest BCUT2D eigenvalue weighted by atomic mass is 16.5. The van der Waals surface area contributed by atoms with E-state index in [0.29, 0.717) is 12.2 Å². The van der Waals surface area contributed by atoms with E-state index < -0.39 is 0 Å². The van der Waals surface area contributed by atoms with Crippen LogP contribution in [0.1, 0.15) is 23.7 Å². The van der Waals surface area contributed by atoms with E-state index in [1.807, 2.05) is 20.8 Å². The first-order chi connectivity index (χ1) is 7.60. The quantitative estimate of drug-likeness (QED) is 0.768. The minimum atomic E-state index is -0.159. The molecule has 5 heteroatoms. The summed E-state index contributed by atoms with van der Waals surface area (Å²) in [7, 11) is 1.59. The highest BCUT2D eigenvalue weighted by Gasteiger charge is 2.14. The van der Waals surface area contributed by atoms with E-state index in [4.69, 9.17) is 14.7 Å². The summed E-state index contributed by atoms with van der Waals surface area (Å²) in [5.74, 6) is 0.273. The number of nitriles is 1. The summed E-state index contributed by atoms with van der Waals surface area (Å²) in [6.45, 7) is 5.93. The van der Waals surface area contributed by atoms with Crippen molar-refractivity contribution in [3.05, 3.63) is 16.8 Å². The predicted octanol–water partition coefficient (Wildman–Crippen LogP) is 1.38. The maximum absolute atomic E-state index is 9.04. The number of hydrogen-bond donors (Lipinski definition) is 0. The third-order valence-electron chi connectivity index (χ3n) is 2.25. The smallest absolute Gasteiger partial charge is 0.252 e. The molecule has 1 heterocycles. The van der Waals surface area contributed by atoms with Crippen molar-refractivity contribution < 1.29 is 9.47 Å². The lowest BCUT2D eigenvalue weighted by Crippen LogP contribution is -2.20. The Hall–Kier alpha value is -1.67. The highest BCUT2D eigenvalue weighted by molar-refractivity contribution is 5.44. The summed E-state index contributed by atoms with van der Waals surface area (Å²) in [6, 6.07) is 2.08. The average molecular weight is 221 g/mol. The molecule has 5 nitrogen and oxygen atoms in total. The van der Waals surface area contributed by atoms with Crippen LogP contribution in [0.25, 0.3) is 0 Å². The number of methoxy groups -OCH3 is 1. The predicted molar refractivity (Wildman–Crippen MR) is 58.2 cm³/mol. The topological polar surface area (TPSA) is 68.0 Å². The molecule has 1 atom stereocenters. The lowest BCUT2D eigenvalue weighted by Gasteiger charge is -2.14. The van der Waals surface area contributed by atoms with Crippen LogP contribution in [0.3, 0.4) is 0 Å². The molecule has 1 aromatic rings. The molecule has 86 valence electrons. The summed E-state index contributed by atoms with van der Waals surface area (Å²) in [5, 5.41) is 16.9.